The van der Waals surface area contributed by atoms with E-state index >= 15 is 0 Å². The molecule has 0 aliphatic carbocycles. The zero-order valence-electron chi connectivity index (χ0n) is 7.81. The summed E-state index contributed by atoms with van der Waals surface area (Å²) < 4.78 is 27.0. The van der Waals surface area contributed by atoms with Crippen LogP contribution in [-0.4, -0.2) is 13.6 Å². The summed E-state index contributed by atoms with van der Waals surface area (Å²) in [6.45, 7) is 0. The highest BCUT2D eigenvalue weighted by Gasteiger charge is 2.17. The van der Waals surface area contributed by atoms with E-state index in [2.05, 4.69) is 9.68 Å². The second kappa shape index (κ2) is 3.80. The molecule has 84 valence electrons. The first-order chi connectivity index (χ1) is 7.48. The van der Waals surface area contributed by atoms with Gasteiger partial charge in [0.2, 0.25) is 0 Å². The Labute approximate surface area is 95.0 Å². The molecule has 0 radical (unpaired) electrons. The Morgan fingerprint density at radius 3 is 2.50 bits per heavy atom. The lowest BCUT2D eigenvalue weighted by molar-refractivity contribution is 0.393. The first kappa shape index (κ1) is 11.0. The van der Waals surface area contributed by atoms with Gasteiger partial charge in [-0.05, 0) is 6.07 Å². The Morgan fingerprint density at radius 2 is 1.94 bits per heavy atom. The van der Waals surface area contributed by atoms with Crippen LogP contribution in [0.25, 0.3) is 11.3 Å². The molecule has 0 spiro atoms. The zero-order chi connectivity index (χ0) is 11.8. The smallest absolute Gasteiger partial charge is 0.339 e. The predicted molar refractivity (Wildman–Crippen MR) is 57.8 cm³/mol. The molecule has 0 bridgehead atoms. The molecule has 0 amide bonds. The Morgan fingerprint density at radius 1 is 1.25 bits per heavy atom. The number of aromatic nitrogens is 1. The Balaban J connectivity index is 2.71. The molecule has 1 aromatic heterocycles. The molecule has 2 aromatic rings. The molecule has 0 aliphatic rings. The molecule has 0 fully saturated rings. The van der Waals surface area contributed by atoms with Gasteiger partial charge in [-0.1, -0.05) is 18.2 Å². The van der Waals surface area contributed by atoms with Crippen LogP contribution < -0.4 is 5.63 Å². The number of aromatic amines is 1. The van der Waals surface area contributed by atoms with Gasteiger partial charge >= 0.3 is 5.63 Å². The van der Waals surface area contributed by atoms with Crippen molar-refractivity contribution in [2.45, 2.75) is 4.90 Å². The van der Waals surface area contributed by atoms with Gasteiger partial charge in [0.15, 0.2) is 0 Å². The SMILES string of the molecule is O=c1cc(-c2ccccc2S(=O)(=O)Cl)[nH]o1. The topological polar surface area (TPSA) is 80.1 Å². The van der Waals surface area contributed by atoms with Crippen LogP contribution in [0.1, 0.15) is 0 Å². The molecule has 0 aliphatic heterocycles. The standard InChI is InChI=1S/C9H6ClNO4S/c10-16(13,14)8-4-2-1-3-6(8)7-5-9(12)15-11-7/h1-5,11H. The minimum Gasteiger partial charge on any atom is -0.339 e. The second-order valence-corrected chi connectivity index (χ2v) is 5.55. The Kier molecular flexibility index (Phi) is 2.61. The highest BCUT2D eigenvalue weighted by Crippen LogP contribution is 2.27. The number of hydrogen-bond donors (Lipinski definition) is 1. The van der Waals surface area contributed by atoms with E-state index in [0.29, 0.717) is 5.56 Å². The molecular weight excluding hydrogens is 254 g/mol. The van der Waals surface area contributed by atoms with Crippen molar-refractivity contribution < 1.29 is 12.9 Å². The van der Waals surface area contributed by atoms with E-state index in [-0.39, 0.29) is 10.6 Å². The molecular formula is C9H6ClNO4S. The van der Waals surface area contributed by atoms with Crippen LogP contribution >= 0.6 is 10.7 Å². The number of hydrogen-bond acceptors (Lipinski definition) is 4. The minimum atomic E-state index is -3.86. The van der Waals surface area contributed by atoms with Crippen molar-refractivity contribution in [3.05, 3.63) is 40.8 Å². The van der Waals surface area contributed by atoms with Gasteiger partial charge in [-0.3, -0.25) is 0 Å². The van der Waals surface area contributed by atoms with Crippen LogP contribution in [0.4, 0.5) is 0 Å². The van der Waals surface area contributed by atoms with E-state index in [9.17, 15) is 13.2 Å². The van der Waals surface area contributed by atoms with Crippen LogP contribution in [0.3, 0.4) is 0 Å². The summed E-state index contributed by atoms with van der Waals surface area (Å²) in [6.07, 6.45) is 0. The molecule has 0 saturated carbocycles. The van der Waals surface area contributed by atoms with Gasteiger partial charge < -0.3 is 4.52 Å². The van der Waals surface area contributed by atoms with Gasteiger partial charge in [-0.2, -0.15) is 0 Å². The average Bonchev–Trinajstić information content (AvgIpc) is 2.64. The van der Waals surface area contributed by atoms with Gasteiger partial charge in [0.1, 0.15) is 0 Å². The van der Waals surface area contributed by atoms with E-state index in [1.807, 2.05) is 0 Å². The van der Waals surface area contributed by atoms with Crippen molar-refractivity contribution in [1.82, 2.24) is 5.16 Å². The van der Waals surface area contributed by atoms with Crippen LogP contribution in [-0.2, 0) is 9.05 Å². The average molecular weight is 260 g/mol. The minimum absolute atomic E-state index is 0.0753. The first-order valence-electron chi connectivity index (χ1n) is 4.21. The fraction of sp³-hybridized carbons (Fsp3) is 0. The van der Waals surface area contributed by atoms with Crippen molar-refractivity contribution in [1.29, 1.82) is 0 Å². The maximum absolute atomic E-state index is 11.3. The summed E-state index contributed by atoms with van der Waals surface area (Å²) in [5.41, 5.74) is -0.0232. The van der Waals surface area contributed by atoms with E-state index < -0.39 is 14.7 Å². The van der Waals surface area contributed by atoms with Crippen molar-refractivity contribution in [3.63, 3.8) is 0 Å². The van der Waals surface area contributed by atoms with Crippen molar-refractivity contribution >= 4 is 19.7 Å². The lowest BCUT2D eigenvalue weighted by Crippen LogP contribution is -1.94. The van der Waals surface area contributed by atoms with Gasteiger partial charge in [-0.25, -0.2) is 18.4 Å². The maximum atomic E-state index is 11.3. The molecule has 1 aromatic carbocycles. The molecule has 0 saturated heterocycles. The van der Waals surface area contributed by atoms with E-state index in [1.54, 1.807) is 6.07 Å². The zero-order valence-corrected chi connectivity index (χ0v) is 9.38. The lowest BCUT2D eigenvalue weighted by atomic mass is 10.1. The molecule has 7 heteroatoms. The van der Waals surface area contributed by atoms with Crippen molar-refractivity contribution in [2.24, 2.45) is 0 Å². The summed E-state index contributed by atoms with van der Waals surface area (Å²) in [7, 11) is 1.41. The predicted octanol–water partition coefficient (Wildman–Crippen LogP) is 1.56. The molecule has 1 N–H and O–H groups in total. The molecule has 16 heavy (non-hydrogen) atoms. The lowest BCUT2D eigenvalue weighted by Gasteiger charge is -2.02. The van der Waals surface area contributed by atoms with Gasteiger partial charge in [0.05, 0.1) is 16.7 Å². The van der Waals surface area contributed by atoms with Crippen LogP contribution in [0.15, 0.2) is 44.5 Å². The number of nitrogens with one attached hydrogen (secondary N) is 1. The van der Waals surface area contributed by atoms with Crippen LogP contribution in [0.2, 0.25) is 0 Å². The van der Waals surface area contributed by atoms with Crippen LogP contribution in [0.5, 0.6) is 0 Å². The van der Waals surface area contributed by atoms with Gasteiger partial charge in [-0.15, -0.1) is 0 Å². The number of benzene rings is 1. The molecule has 5 nitrogen and oxygen atoms in total. The largest absolute Gasteiger partial charge is 0.357 e. The van der Waals surface area contributed by atoms with E-state index in [4.69, 9.17) is 10.7 Å². The van der Waals surface area contributed by atoms with Crippen LogP contribution in [0, 0.1) is 0 Å². The summed E-state index contributed by atoms with van der Waals surface area (Å²) in [4.78, 5) is 10.8. The highest BCUT2D eigenvalue weighted by atomic mass is 35.7. The number of halogens is 1. The third kappa shape index (κ3) is 2.02. The fourth-order valence-electron chi connectivity index (χ4n) is 1.32. The summed E-state index contributed by atoms with van der Waals surface area (Å²) >= 11 is 0. The second-order valence-electron chi connectivity index (χ2n) is 3.02. The summed E-state index contributed by atoms with van der Waals surface area (Å²) in [6, 6.07) is 7.20. The molecule has 0 atom stereocenters. The third-order valence-electron chi connectivity index (χ3n) is 1.96. The maximum Gasteiger partial charge on any atom is 0.357 e. The first-order valence-corrected chi connectivity index (χ1v) is 6.52. The van der Waals surface area contributed by atoms with E-state index in [0.717, 1.165) is 6.07 Å². The van der Waals surface area contributed by atoms with Crippen molar-refractivity contribution in [2.75, 3.05) is 0 Å². The Bertz CT molecular complexity index is 671. The van der Waals surface area contributed by atoms with E-state index in [1.165, 1.54) is 18.2 Å². The summed E-state index contributed by atoms with van der Waals surface area (Å²) in [5.74, 6) is 0. The normalized spacial score (nSPS) is 11.6. The number of rotatable bonds is 2. The fourth-order valence-corrected chi connectivity index (χ4v) is 2.40. The quantitative estimate of drug-likeness (QED) is 0.830. The summed E-state index contributed by atoms with van der Waals surface area (Å²) in [5, 5.41) is 2.32. The Hall–Kier alpha value is -1.53. The third-order valence-corrected chi connectivity index (χ3v) is 3.34. The number of H-pyrrole nitrogens is 1. The molecule has 0 unspecified atom stereocenters. The monoisotopic (exact) mass is 259 g/mol. The van der Waals surface area contributed by atoms with Crippen molar-refractivity contribution in [3.8, 4) is 11.3 Å². The highest BCUT2D eigenvalue weighted by molar-refractivity contribution is 8.13. The molecule has 1 heterocycles. The van der Waals surface area contributed by atoms with Gasteiger partial charge in [0, 0.05) is 16.2 Å². The molecule has 2 rings (SSSR count). The van der Waals surface area contributed by atoms with Gasteiger partial charge in [0.25, 0.3) is 9.05 Å².